The lowest BCUT2D eigenvalue weighted by Crippen LogP contribution is -2.42. The first-order valence-corrected chi connectivity index (χ1v) is 3.72. The maximum absolute atomic E-state index is 10.5. The minimum absolute atomic E-state index is 0.199. The van der Waals surface area contributed by atoms with Gasteiger partial charge in [-0.1, -0.05) is 13.8 Å². The predicted molar refractivity (Wildman–Crippen MR) is 38.6 cm³/mol. The summed E-state index contributed by atoms with van der Waals surface area (Å²) in [5.74, 6) is 0.199. The Morgan fingerprint density at radius 1 is 1.50 bits per heavy atom. The Hall–Kier alpha value is -0.370. The molecule has 0 aromatic heterocycles. The van der Waals surface area contributed by atoms with Crippen molar-refractivity contribution in [3.63, 3.8) is 0 Å². The van der Waals surface area contributed by atoms with Crippen molar-refractivity contribution < 1.29 is 9.90 Å². The summed E-state index contributed by atoms with van der Waals surface area (Å²) in [6.45, 7) is 3.76. The van der Waals surface area contributed by atoms with E-state index in [4.69, 9.17) is 0 Å². The molecule has 0 saturated heterocycles. The molecule has 2 atom stereocenters. The summed E-state index contributed by atoms with van der Waals surface area (Å²) in [6, 6.07) is 0. The summed E-state index contributed by atoms with van der Waals surface area (Å²) >= 11 is 0. The van der Waals surface area contributed by atoms with Gasteiger partial charge in [-0.15, -0.1) is 0 Å². The molecule has 0 aromatic rings. The summed E-state index contributed by atoms with van der Waals surface area (Å²) < 4.78 is 0. The van der Waals surface area contributed by atoms with Gasteiger partial charge in [-0.25, -0.2) is 0 Å². The Morgan fingerprint density at radius 3 is 2.20 bits per heavy atom. The number of carbonyl (C=O) groups is 1. The van der Waals surface area contributed by atoms with Crippen LogP contribution in [0.2, 0.25) is 0 Å². The van der Waals surface area contributed by atoms with E-state index in [-0.39, 0.29) is 17.4 Å². The second-order valence-corrected chi connectivity index (χ2v) is 3.69. The summed E-state index contributed by atoms with van der Waals surface area (Å²) in [6.07, 6.45) is 2.56. The Balaban J connectivity index is 2.55. The van der Waals surface area contributed by atoms with Crippen LogP contribution < -0.4 is 0 Å². The van der Waals surface area contributed by atoms with Gasteiger partial charge in [-0.3, -0.25) is 0 Å². The fourth-order valence-corrected chi connectivity index (χ4v) is 1.44. The highest BCUT2D eigenvalue weighted by molar-refractivity contribution is 5.59. The van der Waals surface area contributed by atoms with Gasteiger partial charge in [0.2, 0.25) is 0 Å². The summed E-state index contributed by atoms with van der Waals surface area (Å²) in [5, 5.41) is 9.22. The normalized spacial score (nSPS) is 33.1. The molecule has 0 aliphatic heterocycles. The molecule has 0 spiro atoms. The zero-order valence-corrected chi connectivity index (χ0v) is 6.50. The third-order valence-corrected chi connectivity index (χ3v) is 2.50. The van der Waals surface area contributed by atoms with E-state index in [2.05, 4.69) is 0 Å². The second-order valence-electron chi connectivity index (χ2n) is 3.69. The second kappa shape index (κ2) is 2.35. The van der Waals surface area contributed by atoms with E-state index in [9.17, 15) is 9.90 Å². The number of aliphatic hydroxyl groups is 1. The number of aliphatic hydroxyl groups excluding tert-OH is 1. The smallest absolute Gasteiger partial charge is 0.125 e. The van der Waals surface area contributed by atoms with Gasteiger partial charge in [-0.05, 0) is 18.8 Å². The number of hydrogen-bond donors (Lipinski definition) is 1. The monoisotopic (exact) mass is 142 g/mol. The van der Waals surface area contributed by atoms with Crippen molar-refractivity contribution >= 4 is 6.29 Å². The summed E-state index contributed by atoms with van der Waals surface area (Å²) in [4.78, 5) is 10.5. The molecule has 10 heavy (non-hydrogen) atoms. The van der Waals surface area contributed by atoms with Crippen LogP contribution in [0.5, 0.6) is 0 Å². The molecule has 0 aromatic carbocycles. The van der Waals surface area contributed by atoms with Crippen molar-refractivity contribution in [2.75, 3.05) is 0 Å². The maximum atomic E-state index is 10.5. The number of hydrogen-bond acceptors (Lipinski definition) is 2. The first kappa shape index (κ1) is 7.73. The van der Waals surface area contributed by atoms with Crippen molar-refractivity contribution in [1.82, 2.24) is 0 Å². The van der Waals surface area contributed by atoms with Crippen LogP contribution in [0, 0.1) is 11.3 Å². The van der Waals surface area contributed by atoms with E-state index in [1.165, 1.54) is 0 Å². The van der Waals surface area contributed by atoms with Crippen molar-refractivity contribution in [2.24, 2.45) is 11.3 Å². The van der Waals surface area contributed by atoms with E-state index in [1.54, 1.807) is 0 Å². The van der Waals surface area contributed by atoms with Gasteiger partial charge >= 0.3 is 0 Å². The molecule has 1 rings (SSSR count). The SMILES string of the molecule is CC(C)(C=O)C1CCC1O. The summed E-state index contributed by atoms with van der Waals surface area (Å²) in [7, 11) is 0. The molecule has 58 valence electrons. The van der Waals surface area contributed by atoms with Crippen LogP contribution in [-0.4, -0.2) is 17.5 Å². The Bertz CT molecular complexity index is 140. The van der Waals surface area contributed by atoms with Gasteiger partial charge in [0.1, 0.15) is 6.29 Å². The van der Waals surface area contributed by atoms with Gasteiger partial charge in [0.25, 0.3) is 0 Å². The molecule has 0 heterocycles. The largest absolute Gasteiger partial charge is 0.393 e. The Kier molecular flexibility index (Phi) is 1.82. The van der Waals surface area contributed by atoms with Crippen LogP contribution in [0.3, 0.4) is 0 Å². The molecule has 0 amide bonds. The van der Waals surface area contributed by atoms with Crippen molar-refractivity contribution in [1.29, 1.82) is 0 Å². The lowest BCUT2D eigenvalue weighted by Gasteiger charge is -2.40. The van der Waals surface area contributed by atoms with E-state index in [1.807, 2.05) is 13.8 Å². The maximum Gasteiger partial charge on any atom is 0.125 e. The molecule has 1 fully saturated rings. The Labute approximate surface area is 61.2 Å². The minimum Gasteiger partial charge on any atom is -0.393 e. The van der Waals surface area contributed by atoms with E-state index in [0.717, 1.165) is 19.1 Å². The average molecular weight is 142 g/mol. The van der Waals surface area contributed by atoms with Gasteiger partial charge < -0.3 is 9.90 Å². The van der Waals surface area contributed by atoms with E-state index >= 15 is 0 Å². The molecule has 2 heteroatoms. The highest BCUT2D eigenvalue weighted by atomic mass is 16.3. The molecule has 2 unspecified atom stereocenters. The van der Waals surface area contributed by atoms with Gasteiger partial charge in [-0.2, -0.15) is 0 Å². The minimum atomic E-state index is -0.322. The van der Waals surface area contributed by atoms with Crippen LogP contribution in [-0.2, 0) is 4.79 Å². The predicted octanol–water partition coefficient (Wildman–Crippen LogP) is 0.982. The molecular formula is C8H14O2. The van der Waals surface area contributed by atoms with Crippen molar-refractivity contribution in [3.8, 4) is 0 Å². The third-order valence-electron chi connectivity index (χ3n) is 2.50. The zero-order chi connectivity index (χ0) is 7.78. The van der Waals surface area contributed by atoms with E-state index in [0.29, 0.717) is 0 Å². The molecule has 0 radical (unpaired) electrons. The lowest BCUT2D eigenvalue weighted by molar-refractivity contribution is -0.125. The number of carbonyl (C=O) groups excluding carboxylic acids is 1. The molecule has 2 nitrogen and oxygen atoms in total. The fourth-order valence-electron chi connectivity index (χ4n) is 1.44. The van der Waals surface area contributed by atoms with E-state index < -0.39 is 0 Å². The quantitative estimate of drug-likeness (QED) is 0.583. The van der Waals surface area contributed by atoms with Crippen LogP contribution >= 0.6 is 0 Å². The molecule has 1 aliphatic carbocycles. The lowest BCUT2D eigenvalue weighted by atomic mass is 9.66. The first-order chi connectivity index (χ1) is 4.58. The first-order valence-electron chi connectivity index (χ1n) is 3.72. The Morgan fingerprint density at radius 2 is 2.10 bits per heavy atom. The van der Waals surface area contributed by atoms with Gasteiger partial charge in [0.15, 0.2) is 0 Å². The van der Waals surface area contributed by atoms with Crippen LogP contribution in [0.4, 0.5) is 0 Å². The molecule has 0 bridgehead atoms. The van der Waals surface area contributed by atoms with Crippen LogP contribution in [0.25, 0.3) is 0 Å². The van der Waals surface area contributed by atoms with Crippen LogP contribution in [0.1, 0.15) is 26.7 Å². The number of aldehydes is 1. The van der Waals surface area contributed by atoms with Crippen molar-refractivity contribution in [3.05, 3.63) is 0 Å². The standard InChI is InChI=1S/C8H14O2/c1-8(2,5-9)6-3-4-7(6)10/h5-7,10H,3-4H2,1-2H3. The topological polar surface area (TPSA) is 37.3 Å². The fraction of sp³-hybridized carbons (Fsp3) is 0.875. The van der Waals surface area contributed by atoms with Gasteiger partial charge in [0, 0.05) is 5.41 Å². The zero-order valence-electron chi connectivity index (χ0n) is 6.50. The molecular weight excluding hydrogens is 128 g/mol. The van der Waals surface area contributed by atoms with Crippen molar-refractivity contribution in [2.45, 2.75) is 32.8 Å². The molecule has 1 N–H and O–H groups in total. The van der Waals surface area contributed by atoms with Crippen LogP contribution in [0.15, 0.2) is 0 Å². The van der Waals surface area contributed by atoms with Gasteiger partial charge in [0.05, 0.1) is 6.10 Å². The molecule has 1 saturated carbocycles. The molecule has 1 aliphatic rings. The highest BCUT2D eigenvalue weighted by Crippen LogP contribution is 2.40. The summed E-state index contributed by atoms with van der Waals surface area (Å²) in [5.41, 5.74) is -0.322. The average Bonchev–Trinajstić information content (AvgIpc) is 1.84. The highest BCUT2D eigenvalue weighted by Gasteiger charge is 2.40. The third kappa shape index (κ3) is 1.08. The number of rotatable bonds is 2.